The van der Waals surface area contributed by atoms with Gasteiger partial charge in [-0.1, -0.05) is 5.21 Å². The lowest BCUT2D eigenvalue weighted by Crippen LogP contribution is -2.19. The van der Waals surface area contributed by atoms with Gasteiger partial charge in [-0.05, 0) is 6.92 Å². The topological polar surface area (TPSA) is 127 Å². The molecule has 0 spiro atoms. The molecule has 10 nitrogen and oxygen atoms in total. The molecule has 3 N–H and O–H groups in total. The number of aromatic amines is 1. The van der Waals surface area contributed by atoms with E-state index >= 15 is 0 Å². The summed E-state index contributed by atoms with van der Waals surface area (Å²) in [6.07, 6.45) is 3.90. The van der Waals surface area contributed by atoms with Gasteiger partial charge in [0, 0.05) is 12.4 Å². The maximum Gasteiger partial charge on any atom is 0.412 e. The summed E-state index contributed by atoms with van der Waals surface area (Å²) in [5.74, 6) is 0.224. The second-order valence-corrected chi connectivity index (χ2v) is 3.63. The van der Waals surface area contributed by atoms with Gasteiger partial charge in [0.1, 0.15) is 6.54 Å². The van der Waals surface area contributed by atoms with Gasteiger partial charge < -0.3 is 9.72 Å². The van der Waals surface area contributed by atoms with E-state index in [-0.39, 0.29) is 24.9 Å². The Morgan fingerprint density at radius 1 is 1.45 bits per heavy atom. The predicted molar refractivity (Wildman–Crippen MR) is 67.9 cm³/mol. The highest BCUT2D eigenvalue weighted by molar-refractivity contribution is 5.88. The largest absolute Gasteiger partial charge is 0.450 e. The summed E-state index contributed by atoms with van der Waals surface area (Å²) < 4.78 is 5.97. The highest BCUT2D eigenvalue weighted by Crippen LogP contribution is 2.01. The average molecular weight is 279 g/mol. The van der Waals surface area contributed by atoms with Crippen molar-refractivity contribution in [3.8, 4) is 0 Å². The van der Waals surface area contributed by atoms with Crippen molar-refractivity contribution in [3.05, 3.63) is 18.6 Å². The minimum absolute atomic E-state index is 0.0573. The Morgan fingerprint density at radius 3 is 3.00 bits per heavy atom. The van der Waals surface area contributed by atoms with Crippen LogP contribution in [-0.2, 0) is 16.1 Å². The van der Waals surface area contributed by atoms with Gasteiger partial charge in [-0.25, -0.2) is 14.5 Å². The second kappa shape index (κ2) is 6.31. The van der Waals surface area contributed by atoms with Crippen molar-refractivity contribution < 1.29 is 14.3 Å². The second-order valence-electron chi connectivity index (χ2n) is 3.63. The van der Waals surface area contributed by atoms with Crippen LogP contribution >= 0.6 is 0 Å². The molecular weight excluding hydrogens is 266 g/mol. The van der Waals surface area contributed by atoms with E-state index in [4.69, 9.17) is 0 Å². The van der Waals surface area contributed by atoms with E-state index < -0.39 is 6.09 Å². The van der Waals surface area contributed by atoms with Gasteiger partial charge in [0.2, 0.25) is 11.9 Å². The van der Waals surface area contributed by atoms with Crippen molar-refractivity contribution in [2.24, 2.45) is 0 Å². The summed E-state index contributed by atoms with van der Waals surface area (Å²) in [4.78, 5) is 29.4. The first-order valence-electron chi connectivity index (χ1n) is 5.80. The van der Waals surface area contributed by atoms with Gasteiger partial charge in [0.25, 0.3) is 0 Å². The predicted octanol–water partition coefficient (Wildman–Crippen LogP) is 0.208. The first-order valence-corrected chi connectivity index (χ1v) is 5.80. The molecule has 0 atom stereocenters. The van der Waals surface area contributed by atoms with Gasteiger partial charge in [0.15, 0.2) is 5.82 Å². The van der Waals surface area contributed by atoms with E-state index in [9.17, 15) is 9.59 Å². The molecule has 0 aromatic carbocycles. The number of anilines is 2. The zero-order valence-corrected chi connectivity index (χ0v) is 10.7. The molecule has 0 unspecified atom stereocenters. The molecule has 2 rings (SSSR count). The van der Waals surface area contributed by atoms with Crippen LogP contribution in [0.1, 0.15) is 6.92 Å². The normalized spacial score (nSPS) is 10.1. The number of H-pyrrole nitrogens is 1. The molecule has 20 heavy (non-hydrogen) atoms. The number of imidazole rings is 1. The third-order valence-corrected chi connectivity index (χ3v) is 2.11. The lowest BCUT2D eigenvalue weighted by molar-refractivity contribution is -0.117. The van der Waals surface area contributed by atoms with Crippen LogP contribution in [0.5, 0.6) is 0 Å². The molecule has 0 bridgehead atoms. The molecule has 0 saturated carbocycles. The van der Waals surface area contributed by atoms with E-state index in [1.807, 2.05) is 0 Å². The quantitative estimate of drug-likeness (QED) is 0.718. The van der Waals surface area contributed by atoms with Crippen molar-refractivity contribution in [2.45, 2.75) is 13.5 Å². The zero-order chi connectivity index (χ0) is 14.4. The lowest BCUT2D eigenvalue weighted by atomic mass is 10.6. The van der Waals surface area contributed by atoms with Gasteiger partial charge in [-0.15, -0.1) is 5.10 Å². The number of amides is 2. The van der Waals surface area contributed by atoms with E-state index in [0.29, 0.717) is 5.95 Å². The molecule has 2 amide bonds. The molecule has 0 saturated heterocycles. The number of aromatic nitrogens is 5. The Labute approximate surface area is 113 Å². The molecule has 0 aliphatic rings. The van der Waals surface area contributed by atoms with Crippen LogP contribution in [0.3, 0.4) is 0 Å². The lowest BCUT2D eigenvalue weighted by Gasteiger charge is -2.01. The number of nitrogens with one attached hydrogen (secondary N) is 3. The number of hydrogen-bond acceptors (Lipinski definition) is 6. The fraction of sp³-hybridized carbons (Fsp3) is 0.300. The summed E-state index contributed by atoms with van der Waals surface area (Å²) in [5, 5.41) is 12.3. The molecule has 106 valence electrons. The third-order valence-electron chi connectivity index (χ3n) is 2.11. The van der Waals surface area contributed by atoms with E-state index in [0.717, 1.165) is 0 Å². The van der Waals surface area contributed by atoms with Crippen molar-refractivity contribution in [1.82, 2.24) is 25.0 Å². The number of hydrogen-bond donors (Lipinski definition) is 3. The van der Waals surface area contributed by atoms with Crippen LogP contribution < -0.4 is 10.6 Å². The Kier molecular flexibility index (Phi) is 4.27. The number of carbonyl (C=O) groups is 2. The molecule has 2 aromatic rings. The first kappa shape index (κ1) is 13.5. The Morgan fingerprint density at radius 2 is 2.30 bits per heavy atom. The number of nitrogens with zero attached hydrogens (tertiary/aromatic N) is 4. The summed E-state index contributed by atoms with van der Waals surface area (Å²) in [5.41, 5.74) is 0. The van der Waals surface area contributed by atoms with Crippen molar-refractivity contribution in [1.29, 1.82) is 0 Å². The average Bonchev–Trinajstić information content (AvgIpc) is 3.02. The fourth-order valence-corrected chi connectivity index (χ4v) is 1.36. The van der Waals surface area contributed by atoms with Gasteiger partial charge in [-0.3, -0.25) is 15.4 Å². The van der Waals surface area contributed by atoms with Crippen molar-refractivity contribution in [3.63, 3.8) is 0 Å². The van der Waals surface area contributed by atoms with Gasteiger partial charge >= 0.3 is 6.09 Å². The van der Waals surface area contributed by atoms with Crippen LogP contribution in [0.15, 0.2) is 18.6 Å². The molecule has 2 aromatic heterocycles. The highest BCUT2D eigenvalue weighted by Gasteiger charge is 2.09. The maximum absolute atomic E-state index is 11.6. The molecule has 0 radical (unpaired) electrons. The Hall–Kier alpha value is -2.91. The fourth-order valence-electron chi connectivity index (χ4n) is 1.36. The Bertz CT molecular complexity index is 577. The third kappa shape index (κ3) is 3.80. The van der Waals surface area contributed by atoms with Crippen LogP contribution in [0.25, 0.3) is 0 Å². The summed E-state index contributed by atoms with van der Waals surface area (Å²) in [6, 6.07) is 0. The minimum Gasteiger partial charge on any atom is -0.450 e. The summed E-state index contributed by atoms with van der Waals surface area (Å²) >= 11 is 0. The van der Waals surface area contributed by atoms with Crippen molar-refractivity contribution in [2.75, 3.05) is 17.2 Å². The number of rotatable bonds is 5. The monoisotopic (exact) mass is 279 g/mol. The molecule has 10 heteroatoms. The van der Waals surface area contributed by atoms with Crippen molar-refractivity contribution >= 4 is 23.8 Å². The highest BCUT2D eigenvalue weighted by atomic mass is 16.5. The molecular formula is C10H13N7O3. The summed E-state index contributed by atoms with van der Waals surface area (Å²) in [7, 11) is 0. The van der Waals surface area contributed by atoms with Gasteiger partial charge in [0.05, 0.1) is 12.8 Å². The van der Waals surface area contributed by atoms with Gasteiger partial charge in [-0.2, -0.15) is 0 Å². The molecule has 0 aliphatic heterocycles. The Balaban J connectivity index is 1.86. The van der Waals surface area contributed by atoms with E-state index in [1.54, 1.807) is 13.1 Å². The smallest absolute Gasteiger partial charge is 0.412 e. The maximum atomic E-state index is 11.6. The van der Waals surface area contributed by atoms with E-state index in [2.05, 4.69) is 35.7 Å². The SMILES string of the molecule is CCOC(=O)Nc1cn(CC(=O)Nc2ncc[nH]2)nn1. The van der Waals surface area contributed by atoms with Crippen LogP contribution in [-0.4, -0.2) is 43.6 Å². The first-order chi connectivity index (χ1) is 9.67. The zero-order valence-electron chi connectivity index (χ0n) is 10.7. The number of carbonyl (C=O) groups excluding carboxylic acids is 2. The van der Waals surface area contributed by atoms with Crippen LogP contribution in [0, 0.1) is 0 Å². The van der Waals surface area contributed by atoms with E-state index in [1.165, 1.54) is 17.1 Å². The van der Waals surface area contributed by atoms with Crippen LogP contribution in [0.2, 0.25) is 0 Å². The summed E-state index contributed by atoms with van der Waals surface area (Å²) in [6.45, 7) is 1.89. The molecule has 2 heterocycles. The molecule has 0 fully saturated rings. The molecule has 0 aliphatic carbocycles. The van der Waals surface area contributed by atoms with Crippen LogP contribution in [0.4, 0.5) is 16.6 Å². The minimum atomic E-state index is -0.625. The standard InChI is InChI=1S/C10H13N7O3/c1-2-20-10(19)13-7-5-17(16-15-7)6-8(18)14-9-11-3-4-12-9/h3-5H,2,6H2,1H3,(H,13,19)(H2,11,12,14,18). The number of ether oxygens (including phenoxy) is 1.